The number of carbonyl (C=O) groups is 1. The molecule has 3 heterocycles. The topological polar surface area (TPSA) is 79.4 Å². The molecule has 5 rings (SSSR count). The number of rotatable bonds is 15. The van der Waals surface area contributed by atoms with Gasteiger partial charge in [-0.1, -0.05) is 46.6 Å². The smallest absolute Gasteiger partial charge is 0.241 e. The number of thioether (sulfide) groups is 1. The van der Waals surface area contributed by atoms with Crippen LogP contribution in [0.3, 0.4) is 0 Å². The molecule has 0 N–H and O–H groups in total. The second-order valence-corrected chi connectivity index (χ2v) is 14.0. The minimum absolute atomic E-state index is 0.129. The van der Waals surface area contributed by atoms with Crippen LogP contribution in [0.2, 0.25) is 5.02 Å². The van der Waals surface area contributed by atoms with Crippen molar-refractivity contribution in [3.05, 3.63) is 86.7 Å². The van der Waals surface area contributed by atoms with Crippen LogP contribution in [-0.2, 0) is 24.2 Å². The van der Waals surface area contributed by atoms with Crippen molar-refractivity contribution in [1.82, 2.24) is 19.6 Å². The molecule has 0 saturated carbocycles. The number of imidazole rings is 1. The van der Waals surface area contributed by atoms with Crippen molar-refractivity contribution in [2.24, 2.45) is 5.92 Å². The zero-order valence-electron chi connectivity index (χ0n) is 26.6. The zero-order chi connectivity index (χ0) is 32.5. The van der Waals surface area contributed by atoms with Crippen LogP contribution in [0.15, 0.2) is 59.2 Å². The number of fused-ring (bicyclic) bond motifs is 1. The molecule has 1 atom stereocenters. The third-order valence-corrected chi connectivity index (χ3v) is 10.1. The maximum absolute atomic E-state index is 13.0. The Bertz CT molecular complexity index is 1630. The van der Waals surface area contributed by atoms with E-state index in [1.165, 1.54) is 0 Å². The van der Waals surface area contributed by atoms with Gasteiger partial charge in [0.2, 0.25) is 5.91 Å². The van der Waals surface area contributed by atoms with E-state index >= 15 is 0 Å². The molecule has 1 aliphatic heterocycles. The van der Waals surface area contributed by atoms with E-state index in [1.54, 1.807) is 14.2 Å². The monoisotopic (exact) mass is 727 g/mol. The molecule has 2 aromatic heterocycles. The lowest BCUT2D eigenvalue weighted by Gasteiger charge is -2.26. The molecule has 11 heteroatoms. The molecule has 1 radical (unpaired) electrons. The minimum Gasteiger partial charge on any atom is -0.496 e. The summed E-state index contributed by atoms with van der Waals surface area (Å²) in [6, 6.07) is 15.7. The molecule has 245 valence electrons. The molecule has 0 spiro atoms. The van der Waals surface area contributed by atoms with Gasteiger partial charge in [0.25, 0.3) is 0 Å². The predicted molar refractivity (Wildman–Crippen MR) is 189 cm³/mol. The Kier molecular flexibility index (Phi) is 12.5. The third kappa shape index (κ3) is 8.91. The molecule has 46 heavy (non-hydrogen) atoms. The second-order valence-electron chi connectivity index (χ2n) is 11.5. The van der Waals surface area contributed by atoms with Crippen LogP contribution in [0, 0.1) is 5.92 Å². The average molecular weight is 729 g/mol. The standard InChI is InChI=1S/C35H41BrClN4O4S/c1-24(20-25-8-10-31(44-3)35(34(25)37)45-17-14-40-15-18-46-19-16-40)7-12-33(42)38-23-28-29(41-13-5-4-6-32(41)39-28)22-26-21-27(36)9-11-30(26)43-2/h4-6,8-11,13,21,24H,7,12,14-20,22-23H2,1-3H3. The van der Waals surface area contributed by atoms with Gasteiger partial charge in [0.1, 0.15) is 18.0 Å². The summed E-state index contributed by atoms with van der Waals surface area (Å²) in [6.45, 7) is 5.95. The summed E-state index contributed by atoms with van der Waals surface area (Å²) in [7, 11) is 3.30. The molecule has 1 saturated heterocycles. The van der Waals surface area contributed by atoms with Gasteiger partial charge < -0.3 is 18.6 Å². The molecule has 1 fully saturated rings. The zero-order valence-corrected chi connectivity index (χ0v) is 29.8. The first kappa shape index (κ1) is 34.4. The quantitative estimate of drug-likeness (QED) is 0.130. The summed E-state index contributed by atoms with van der Waals surface area (Å²) in [6.07, 6.45) is 4.36. The Morgan fingerprint density at radius 1 is 1.09 bits per heavy atom. The Labute approximate surface area is 289 Å². The van der Waals surface area contributed by atoms with E-state index in [1.807, 2.05) is 66.5 Å². The highest BCUT2D eigenvalue weighted by atomic mass is 79.9. The van der Waals surface area contributed by atoms with Crippen LogP contribution < -0.4 is 19.5 Å². The largest absolute Gasteiger partial charge is 0.496 e. The molecular formula is C35H41BrClN4O4S. The minimum atomic E-state index is -0.129. The Balaban J connectivity index is 1.17. The summed E-state index contributed by atoms with van der Waals surface area (Å²) in [5, 5.41) is 5.02. The summed E-state index contributed by atoms with van der Waals surface area (Å²) in [4.78, 5) is 20.2. The fraction of sp³-hybridized carbons (Fsp3) is 0.429. The normalized spacial score (nSPS) is 14.3. The second kappa shape index (κ2) is 16.8. The molecule has 1 amide bonds. The Morgan fingerprint density at radius 2 is 1.87 bits per heavy atom. The van der Waals surface area contributed by atoms with Crippen molar-refractivity contribution in [3.8, 4) is 17.2 Å². The molecule has 1 unspecified atom stereocenters. The van der Waals surface area contributed by atoms with Gasteiger partial charge in [-0.3, -0.25) is 9.69 Å². The molecule has 4 aromatic rings. The number of halogens is 2. The number of nitrogens with zero attached hydrogens (tertiary/aromatic N) is 4. The Morgan fingerprint density at radius 3 is 2.65 bits per heavy atom. The molecule has 2 aromatic carbocycles. The van der Waals surface area contributed by atoms with Gasteiger partial charge in [-0.05, 0) is 60.7 Å². The molecule has 0 bridgehead atoms. The summed E-state index contributed by atoms with van der Waals surface area (Å²) in [5.41, 5.74) is 4.60. The van der Waals surface area contributed by atoms with Crippen LogP contribution >= 0.6 is 39.3 Å². The highest BCUT2D eigenvalue weighted by Crippen LogP contribution is 2.39. The van der Waals surface area contributed by atoms with Gasteiger partial charge >= 0.3 is 0 Å². The first-order chi connectivity index (χ1) is 22.4. The van der Waals surface area contributed by atoms with Crippen LogP contribution in [0.5, 0.6) is 17.2 Å². The number of pyridine rings is 1. The fourth-order valence-corrected chi connectivity index (χ4v) is 7.37. The fourth-order valence-electron chi connectivity index (χ4n) is 5.70. The highest BCUT2D eigenvalue weighted by Gasteiger charge is 2.20. The van der Waals surface area contributed by atoms with Crippen LogP contribution in [-0.4, -0.2) is 72.2 Å². The number of amides is 1. The van der Waals surface area contributed by atoms with E-state index in [4.69, 9.17) is 30.8 Å². The molecule has 0 aliphatic carbocycles. The van der Waals surface area contributed by atoms with Crippen molar-refractivity contribution >= 4 is 50.8 Å². The van der Waals surface area contributed by atoms with Gasteiger partial charge in [0.15, 0.2) is 11.5 Å². The van der Waals surface area contributed by atoms with Gasteiger partial charge in [-0.15, -0.1) is 0 Å². The maximum Gasteiger partial charge on any atom is 0.241 e. The lowest BCUT2D eigenvalue weighted by atomic mass is 9.96. The van der Waals surface area contributed by atoms with Crippen molar-refractivity contribution in [3.63, 3.8) is 0 Å². The van der Waals surface area contributed by atoms with Gasteiger partial charge in [0, 0.05) is 60.2 Å². The number of ether oxygens (including phenoxy) is 3. The van der Waals surface area contributed by atoms with Gasteiger partial charge in [0.05, 0.1) is 37.2 Å². The molecular weight excluding hydrogens is 688 g/mol. The van der Waals surface area contributed by atoms with Gasteiger partial charge in [-0.25, -0.2) is 10.3 Å². The number of carbonyl (C=O) groups excluding carboxylic acids is 1. The van der Waals surface area contributed by atoms with E-state index < -0.39 is 0 Å². The van der Waals surface area contributed by atoms with Crippen molar-refractivity contribution in [2.45, 2.75) is 39.2 Å². The number of hydrogen-bond acceptors (Lipinski definition) is 7. The van der Waals surface area contributed by atoms with Crippen molar-refractivity contribution in [2.75, 3.05) is 52.0 Å². The van der Waals surface area contributed by atoms with Crippen LogP contribution in [0.4, 0.5) is 0 Å². The molecule has 8 nitrogen and oxygen atoms in total. The highest BCUT2D eigenvalue weighted by molar-refractivity contribution is 9.10. The SMILES string of the molecule is COc1ccc(Br)cc1Cc1c(C[N]C(=O)CCC(C)Cc2ccc(OC)c(OCCN3CCSCC3)c2Cl)nc2ccccn12. The van der Waals surface area contributed by atoms with E-state index in [0.29, 0.717) is 42.4 Å². The maximum atomic E-state index is 13.0. The van der Waals surface area contributed by atoms with E-state index in [0.717, 1.165) is 75.9 Å². The van der Waals surface area contributed by atoms with E-state index in [2.05, 4.69) is 37.5 Å². The lowest BCUT2D eigenvalue weighted by Crippen LogP contribution is -2.35. The number of aromatic nitrogens is 2. The summed E-state index contributed by atoms with van der Waals surface area (Å²) < 4.78 is 20.3. The number of hydrogen-bond donors (Lipinski definition) is 0. The van der Waals surface area contributed by atoms with Crippen molar-refractivity contribution in [1.29, 1.82) is 0 Å². The van der Waals surface area contributed by atoms with Crippen LogP contribution in [0.1, 0.15) is 42.3 Å². The van der Waals surface area contributed by atoms with Crippen molar-refractivity contribution < 1.29 is 19.0 Å². The van der Waals surface area contributed by atoms with E-state index in [9.17, 15) is 4.79 Å². The van der Waals surface area contributed by atoms with E-state index in [-0.39, 0.29) is 18.4 Å². The molecule has 1 aliphatic rings. The number of methoxy groups -OCH3 is 2. The Hall–Kier alpha value is -2.92. The van der Waals surface area contributed by atoms with Crippen LogP contribution in [0.25, 0.3) is 5.65 Å². The summed E-state index contributed by atoms with van der Waals surface area (Å²) >= 11 is 12.4. The van der Waals surface area contributed by atoms with Gasteiger partial charge in [-0.2, -0.15) is 11.8 Å². The first-order valence-corrected chi connectivity index (χ1v) is 17.9. The lowest BCUT2D eigenvalue weighted by molar-refractivity contribution is -0.121. The third-order valence-electron chi connectivity index (χ3n) is 8.26. The predicted octanol–water partition coefficient (Wildman–Crippen LogP) is 7.08. The number of benzene rings is 2. The summed E-state index contributed by atoms with van der Waals surface area (Å²) in [5.74, 6) is 4.45. The average Bonchev–Trinajstić information content (AvgIpc) is 3.42. The first-order valence-electron chi connectivity index (χ1n) is 15.6.